The topological polar surface area (TPSA) is 42.2 Å². The van der Waals surface area contributed by atoms with Crippen molar-refractivity contribution in [2.75, 3.05) is 5.32 Å². The Morgan fingerprint density at radius 1 is 1.00 bits per heavy atom. The van der Waals surface area contributed by atoms with Gasteiger partial charge in [0.15, 0.2) is 4.96 Å². The minimum Gasteiger partial charge on any atom is -0.339 e. The zero-order valence-corrected chi connectivity index (χ0v) is 16.6. The smallest absolute Gasteiger partial charge is 0.196 e. The average molecular weight is 421 g/mol. The van der Waals surface area contributed by atoms with Crippen molar-refractivity contribution in [1.82, 2.24) is 14.4 Å². The van der Waals surface area contributed by atoms with Crippen molar-refractivity contribution < 1.29 is 4.39 Å². The van der Waals surface area contributed by atoms with Gasteiger partial charge in [-0.25, -0.2) is 9.37 Å². The zero-order chi connectivity index (χ0) is 19.8. The Morgan fingerprint density at radius 2 is 1.79 bits per heavy atom. The number of pyridine rings is 1. The number of hydrogen-bond acceptors (Lipinski definition) is 4. The van der Waals surface area contributed by atoms with Gasteiger partial charge in [-0.05, 0) is 35.9 Å². The molecule has 5 rings (SSSR count). The first-order valence-corrected chi connectivity index (χ1v) is 10.1. The van der Waals surface area contributed by atoms with Crippen LogP contribution < -0.4 is 5.32 Å². The second kappa shape index (κ2) is 7.31. The first-order chi connectivity index (χ1) is 14.2. The second-order valence-corrected chi connectivity index (χ2v) is 7.65. The third kappa shape index (κ3) is 3.26. The fourth-order valence-electron chi connectivity index (χ4n) is 3.21. The molecule has 3 heterocycles. The largest absolute Gasteiger partial charge is 0.339 e. The molecule has 0 bridgehead atoms. The summed E-state index contributed by atoms with van der Waals surface area (Å²) >= 11 is 7.97. The molecule has 4 nitrogen and oxygen atoms in total. The van der Waals surface area contributed by atoms with Crippen molar-refractivity contribution in [2.45, 2.75) is 0 Å². The van der Waals surface area contributed by atoms with Crippen LogP contribution in [0.25, 0.3) is 27.5 Å². The van der Waals surface area contributed by atoms with Gasteiger partial charge in [-0.2, -0.15) is 0 Å². The molecule has 0 unspecified atom stereocenters. The maximum absolute atomic E-state index is 13.4. The third-order valence-electron chi connectivity index (χ3n) is 4.57. The molecular formula is C22H14ClFN4S. The van der Waals surface area contributed by atoms with Crippen molar-refractivity contribution in [1.29, 1.82) is 0 Å². The Morgan fingerprint density at radius 3 is 2.55 bits per heavy atom. The van der Waals surface area contributed by atoms with Crippen LogP contribution in [0.3, 0.4) is 0 Å². The summed E-state index contributed by atoms with van der Waals surface area (Å²) in [6, 6.07) is 18.2. The van der Waals surface area contributed by atoms with Crippen molar-refractivity contribution in [3.8, 4) is 22.5 Å². The van der Waals surface area contributed by atoms with E-state index < -0.39 is 0 Å². The van der Waals surface area contributed by atoms with Crippen molar-refractivity contribution in [2.24, 2.45) is 0 Å². The van der Waals surface area contributed by atoms with E-state index in [4.69, 9.17) is 16.6 Å². The van der Waals surface area contributed by atoms with Crippen LogP contribution in [0, 0.1) is 5.82 Å². The first-order valence-electron chi connectivity index (χ1n) is 8.88. The molecule has 2 aromatic carbocycles. The van der Waals surface area contributed by atoms with E-state index >= 15 is 0 Å². The first kappa shape index (κ1) is 17.8. The summed E-state index contributed by atoms with van der Waals surface area (Å²) in [4.78, 5) is 9.74. The number of nitrogens with one attached hydrogen (secondary N) is 1. The third-order valence-corrected chi connectivity index (χ3v) is 5.69. The summed E-state index contributed by atoms with van der Waals surface area (Å²) in [5.74, 6) is 0.478. The molecule has 142 valence electrons. The minimum absolute atomic E-state index is 0.285. The van der Waals surface area contributed by atoms with Gasteiger partial charge < -0.3 is 5.32 Å². The maximum atomic E-state index is 13.4. The normalized spacial score (nSPS) is 11.1. The number of thiazole rings is 1. The molecule has 0 saturated heterocycles. The number of hydrogen-bond donors (Lipinski definition) is 1. The predicted molar refractivity (Wildman–Crippen MR) is 116 cm³/mol. The van der Waals surface area contributed by atoms with Gasteiger partial charge in [-0.3, -0.25) is 9.38 Å². The Hall–Kier alpha value is -3.22. The fourth-order valence-corrected chi connectivity index (χ4v) is 4.32. The van der Waals surface area contributed by atoms with E-state index in [-0.39, 0.29) is 5.82 Å². The van der Waals surface area contributed by atoms with Crippen LogP contribution in [0.5, 0.6) is 0 Å². The second-order valence-electron chi connectivity index (χ2n) is 6.40. The highest BCUT2D eigenvalue weighted by atomic mass is 35.5. The van der Waals surface area contributed by atoms with Crippen molar-refractivity contribution in [3.63, 3.8) is 0 Å². The standard InChI is InChI=1S/C22H14ClFN4S/c23-18-12-25-11-10-17(18)20-21(26-16-8-6-15(24)7-9-16)28-19(13-29-22(28)27-20)14-4-2-1-3-5-14/h1-13,26H. The summed E-state index contributed by atoms with van der Waals surface area (Å²) in [5, 5.41) is 6.00. The highest BCUT2D eigenvalue weighted by molar-refractivity contribution is 7.15. The van der Waals surface area contributed by atoms with E-state index in [1.54, 1.807) is 35.9 Å². The average Bonchev–Trinajstić information content (AvgIpc) is 3.31. The molecule has 0 spiro atoms. The summed E-state index contributed by atoms with van der Waals surface area (Å²) in [5.41, 5.74) is 4.33. The Bertz CT molecular complexity index is 1300. The van der Waals surface area contributed by atoms with Gasteiger partial charge in [-0.1, -0.05) is 41.9 Å². The van der Waals surface area contributed by atoms with E-state index in [0.29, 0.717) is 10.7 Å². The summed E-state index contributed by atoms with van der Waals surface area (Å²) < 4.78 is 15.4. The molecular weight excluding hydrogens is 407 g/mol. The number of imidazole rings is 1. The van der Waals surface area contributed by atoms with E-state index in [9.17, 15) is 4.39 Å². The lowest BCUT2D eigenvalue weighted by Crippen LogP contribution is -1.98. The molecule has 0 aliphatic carbocycles. The summed E-state index contributed by atoms with van der Waals surface area (Å²) in [6.45, 7) is 0. The number of rotatable bonds is 4. The van der Waals surface area contributed by atoms with Gasteiger partial charge in [0.1, 0.15) is 17.3 Å². The van der Waals surface area contributed by atoms with Crippen molar-refractivity contribution in [3.05, 3.63) is 89.3 Å². The summed E-state index contributed by atoms with van der Waals surface area (Å²) in [7, 11) is 0. The van der Waals surface area contributed by atoms with E-state index in [1.807, 2.05) is 24.3 Å². The quantitative estimate of drug-likeness (QED) is 0.353. The Labute approximate surface area is 175 Å². The zero-order valence-electron chi connectivity index (χ0n) is 15.0. The highest BCUT2D eigenvalue weighted by Gasteiger charge is 2.20. The van der Waals surface area contributed by atoms with Gasteiger partial charge in [0.05, 0.1) is 10.7 Å². The maximum Gasteiger partial charge on any atom is 0.196 e. The monoisotopic (exact) mass is 420 g/mol. The Balaban J connectivity index is 1.75. The molecule has 5 aromatic rings. The molecule has 0 atom stereocenters. The molecule has 0 amide bonds. The molecule has 0 fully saturated rings. The van der Waals surface area contributed by atoms with Gasteiger partial charge in [0, 0.05) is 29.0 Å². The van der Waals surface area contributed by atoms with Crippen LogP contribution in [0.15, 0.2) is 78.4 Å². The van der Waals surface area contributed by atoms with E-state index in [1.165, 1.54) is 12.1 Å². The molecule has 7 heteroatoms. The number of aromatic nitrogens is 3. The van der Waals surface area contributed by atoms with Crippen LogP contribution in [0.4, 0.5) is 15.9 Å². The SMILES string of the molecule is Fc1ccc(Nc2c(-c3ccncc3Cl)nc3scc(-c4ccccc4)n23)cc1. The molecule has 29 heavy (non-hydrogen) atoms. The number of fused-ring (bicyclic) bond motifs is 1. The van der Waals surface area contributed by atoms with E-state index in [0.717, 1.165) is 33.3 Å². The predicted octanol–water partition coefficient (Wildman–Crippen LogP) is 6.66. The van der Waals surface area contributed by atoms with Gasteiger partial charge in [0.2, 0.25) is 0 Å². The number of benzene rings is 2. The van der Waals surface area contributed by atoms with Crippen LogP contribution in [0.1, 0.15) is 0 Å². The highest BCUT2D eigenvalue weighted by Crippen LogP contribution is 2.39. The fraction of sp³-hybridized carbons (Fsp3) is 0. The molecule has 0 radical (unpaired) electrons. The molecule has 0 aliphatic rings. The molecule has 1 N–H and O–H groups in total. The van der Waals surface area contributed by atoms with Gasteiger partial charge >= 0.3 is 0 Å². The Kier molecular flexibility index (Phi) is 4.50. The van der Waals surface area contributed by atoms with Gasteiger partial charge in [0.25, 0.3) is 0 Å². The lowest BCUT2D eigenvalue weighted by molar-refractivity contribution is 0.628. The van der Waals surface area contributed by atoms with Crippen molar-refractivity contribution >= 4 is 39.4 Å². The number of halogens is 2. The lowest BCUT2D eigenvalue weighted by Gasteiger charge is -2.11. The van der Waals surface area contributed by atoms with E-state index in [2.05, 4.69) is 32.2 Å². The molecule has 3 aromatic heterocycles. The van der Waals surface area contributed by atoms with Crippen LogP contribution in [0.2, 0.25) is 5.02 Å². The van der Waals surface area contributed by atoms with Crippen LogP contribution >= 0.6 is 22.9 Å². The van der Waals surface area contributed by atoms with Gasteiger partial charge in [-0.15, -0.1) is 11.3 Å². The van der Waals surface area contributed by atoms with Crippen LogP contribution in [-0.4, -0.2) is 14.4 Å². The lowest BCUT2D eigenvalue weighted by atomic mass is 10.1. The number of nitrogens with zero attached hydrogens (tertiary/aromatic N) is 3. The summed E-state index contributed by atoms with van der Waals surface area (Å²) in [6.07, 6.45) is 3.29. The number of anilines is 2. The van der Waals surface area contributed by atoms with Crippen LogP contribution in [-0.2, 0) is 0 Å². The molecule has 0 saturated carbocycles. The molecule has 0 aliphatic heterocycles. The minimum atomic E-state index is -0.285.